The zero-order chi connectivity index (χ0) is 21.3. The second kappa shape index (κ2) is 8.49. The number of hydrogen-bond donors (Lipinski definition) is 2. The van der Waals surface area contributed by atoms with Gasteiger partial charge in [-0.2, -0.15) is 0 Å². The number of anilines is 3. The molecular weight excluding hydrogens is 423 g/mol. The molecule has 30 heavy (non-hydrogen) atoms. The molecular formula is C20H24BClN4O3S. The maximum atomic E-state index is 12.8. The summed E-state index contributed by atoms with van der Waals surface area (Å²) in [5.74, 6) is -0.0805. The van der Waals surface area contributed by atoms with Crippen LogP contribution in [0.3, 0.4) is 0 Å². The molecule has 2 aliphatic rings. The number of nitrogens with one attached hydrogen (secondary N) is 2. The number of carbonyl (C=O) groups is 1. The number of halogens is 1. The Balaban J connectivity index is 1.52. The fourth-order valence-electron chi connectivity index (χ4n) is 3.85. The van der Waals surface area contributed by atoms with Gasteiger partial charge in [-0.3, -0.25) is 9.10 Å². The van der Waals surface area contributed by atoms with E-state index in [1.807, 2.05) is 20.0 Å². The molecule has 1 amide bonds. The summed E-state index contributed by atoms with van der Waals surface area (Å²) in [5, 5.41) is 6.95. The standard InChI is InChI=1S/C20H24BClN4O3S/c21-16-12-17(22)19(25-9-6-23-7-10-25)13-18(16)24-20(27)14-2-4-15(5-3-14)26-8-1-11-30(26,28)29/h2-5,12-13,23H,1,6-11,21H2,(H,24,27). The Morgan fingerprint density at radius 1 is 1.10 bits per heavy atom. The van der Waals surface area contributed by atoms with Gasteiger partial charge in [-0.1, -0.05) is 17.1 Å². The van der Waals surface area contributed by atoms with Crippen LogP contribution < -0.4 is 25.3 Å². The van der Waals surface area contributed by atoms with Gasteiger partial charge in [0.2, 0.25) is 10.0 Å². The SMILES string of the molecule is Bc1cc(Cl)c(N2CCNCC2)cc1NC(=O)c1ccc(N2CCCS2(=O)=O)cc1. The van der Waals surface area contributed by atoms with Gasteiger partial charge < -0.3 is 15.5 Å². The molecule has 2 fully saturated rings. The first kappa shape index (κ1) is 21.0. The molecule has 158 valence electrons. The summed E-state index contributed by atoms with van der Waals surface area (Å²) in [4.78, 5) is 15.0. The highest BCUT2D eigenvalue weighted by Crippen LogP contribution is 2.29. The van der Waals surface area contributed by atoms with Crippen LogP contribution in [0.4, 0.5) is 17.1 Å². The van der Waals surface area contributed by atoms with Crippen LogP contribution in [0.5, 0.6) is 0 Å². The van der Waals surface area contributed by atoms with E-state index in [2.05, 4.69) is 15.5 Å². The Bertz CT molecular complexity index is 1060. The van der Waals surface area contributed by atoms with Crippen LogP contribution in [0, 0.1) is 0 Å². The molecule has 4 rings (SSSR count). The maximum absolute atomic E-state index is 12.8. The van der Waals surface area contributed by atoms with E-state index >= 15 is 0 Å². The summed E-state index contributed by atoms with van der Waals surface area (Å²) in [5.41, 5.74) is 3.56. The molecule has 2 aromatic rings. The van der Waals surface area contributed by atoms with Crippen molar-refractivity contribution >= 4 is 57.9 Å². The lowest BCUT2D eigenvalue weighted by molar-refractivity contribution is 0.102. The van der Waals surface area contributed by atoms with Gasteiger partial charge in [0.15, 0.2) is 0 Å². The number of piperazine rings is 1. The Labute approximate surface area is 182 Å². The number of nitrogens with zero attached hydrogens (tertiary/aromatic N) is 2. The average Bonchev–Trinajstić information content (AvgIpc) is 3.09. The third-order valence-electron chi connectivity index (χ3n) is 5.52. The minimum absolute atomic E-state index is 0.167. The van der Waals surface area contributed by atoms with Gasteiger partial charge in [0.1, 0.15) is 7.85 Å². The molecule has 0 radical (unpaired) electrons. The number of rotatable bonds is 4. The number of carbonyl (C=O) groups excluding carboxylic acids is 1. The number of amides is 1. The normalized spacial score (nSPS) is 18.4. The predicted octanol–water partition coefficient (Wildman–Crippen LogP) is 0.800. The number of hydrogen-bond acceptors (Lipinski definition) is 5. The van der Waals surface area contributed by atoms with E-state index in [9.17, 15) is 13.2 Å². The van der Waals surface area contributed by atoms with Gasteiger partial charge in [-0.05, 0) is 42.8 Å². The first-order valence-electron chi connectivity index (χ1n) is 10.0. The predicted molar refractivity (Wildman–Crippen MR) is 125 cm³/mol. The summed E-state index contributed by atoms with van der Waals surface area (Å²) < 4.78 is 25.6. The summed E-state index contributed by atoms with van der Waals surface area (Å²) in [7, 11) is -1.33. The van der Waals surface area contributed by atoms with Gasteiger partial charge in [-0.25, -0.2) is 8.42 Å². The van der Waals surface area contributed by atoms with Crippen molar-refractivity contribution < 1.29 is 13.2 Å². The Hall–Kier alpha value is -2.23. The molecule has 2 aliphatic heterocycles. The molecule has 2 saturated heterocycles. The number of benzene rings is 2. The van der Waals surface area contributed by atoms with Gasteiger partial charge in [0.25, 0.3) is 5.91 Å². The van der Waals surface area contributed by atoms with Crippen LogP contribution in [-0.4, -0.2) is 60.6 Å². The van der Waals surface area contributed by atoms with Crippen molar-refractivity contribution in [1.82, 2.24) is 5.32 Å². The highest BCUT2D eigenvalue weighted by Gasteiger charge is 2.28. The molecule has 2 heterocycles. The third-order valence-corrected chi connectivity index (χ3v) is 7.69. The molecule has 0 spiro atoms. The molecule has 0 aromatic heterocycles. The van der Waals surface area contributed by atoms with E-state index in [1.54, 1.807) is 24.3 Å². The monoisotopic (exact) mass is 446 g/mol. The second-order valence-corrected chi connectivity index (χ2v) is 10.0. The lowest BCUT2D eigenvalue weighted by Crippen LogP contribution is -2.43. The van der Waals surface area contributed by atoms with Gasteiger partial charge in [-0.15, -0.1) is 0 Å². The van der Waals surface area contributed by atoms with E-state index in [-0.39, 0.29) is 11.7 Å². The van der Waals surface area contributed by atoms with Crippen molar-refractivity contribution in [2.75, 3.05) is 53.0 Å². The summed E-state index contributed by atoms with van der Waals surface area (Å²) in [6, 6.07) is 10.5. The average molecular weight is 447 g/mol. The molecule has 10 heteroatoms. The van der Waals surface area contributed by atoms with Crippen LogP contribution in [0.15, 0.2) is 36.4 Å². The van der Waals surface area contributed by atoms with Crippen LogP contribution in [0.2, 0.25) is 5.02 Å². The van der Waals surface area contributed by atoms with Crippen molar-refractivity contribution in [3.63, 3.8) is 0 Å². The zero-order valence-electron chi connectivity index (χ0n) is 16.8. The van der Waals surface area contributed by atoms with E-state index in [0.29, 0.717) is 34.9 Å². The van der Waals surface area contributed by atoms with Crippen molar-refractivity contribution in [3.05, 3.63) is 47.0 Å². The van der Waals surface area contributed by atoms with Crippen molar-refractivity contribution in [2.24, 2.45) is 0 Å². The van der Waals surface area contributed by atoms with Crippen LogP contribution in [0.1, 0.15) is 16.8 Å². The number of sulfonamides is 1. The molecule has 0 unspecified atom stereocenters. The fourth-order valence-corrected chi connectivity index (χ4v) is 5.75. The summed E-state index contributed by atoms with van der Waals surface area (Å²) in [6.45, 7) is 3.98. The molecule has 7 nitrogen and oxygen atoms in total. The van der Waals surface area contributed by atoms with Crippen molar-refractivity contribution in [2.45, 2.75) is 6.42 Å². The Morgan fingerprint density at radius 3 is 2.43 bits per heavy atom. The largest absolute Gasteiger partial charge is 0.368 e. The van der Waals surface area contributed by atoms with E-state index in [4.69, 9.17) is 11.6 Å². The van der Waals surface area contributed by atoms with Gasteiger partial charge in [0.05, 0.1) is 22.2 Å². The quantitative estimate of drug-likeness (QED) is 0.679. The highest BCUT2D eigenvalue weighted by molar-refractivity contribution is 7.93. The first-order valence-corrected chi connectivity index (χ1v) is 12.0. The topological polar surface area (TPSA) is 81.8 Å². The van der Waals surface area contributed by atoms with E-state index < -0.39 is 10.0 Å². The summed E-state index contributed by atoms with van der Waals surface area (Å²) >= 11 is 6.46. The van der Waals surface area contributed by atoms with Crippen molar-refractivity contribution in [3.8, 4) is 0 Å². The maximum Gasteiger partial charge on any atom is 0.255 e. The highest BCUT2D eigenvalue weighted by atomic mass is 35.5. The minimum atomic E-state index is -3.24. The smallest absolute Gasteiger partial charge is 0.255 e. The molecule has 0 bridgehead atoms. The zero-order valence-corrected chi connectivity index (χ0v) is 18.4. The summed E-state index contributed by atoms with van der Waals surface area (Å²) in [6.07, 6.45) is 0.621. The minimum Gasteiger partial charge on any atom is -0.368 e. The lowest BCUT2D eigenvalue weighted by Gasteiger charge is -2.31. The van der Waals surface area contributed by atoms with Crippen LogP contribution in [0.25, 0.3) is 0 Å². The molecule has 2 N–H and O–H groups in total. The van der Waals surface area contributed by atoms with E-state index in [1.165, 1.54) is 4.31 Å². The van der Waals surface area contributed by atoms with Gasteiger partial charge >= 0.3 is 0 Å². The second-order valence-electron chi connectivity index (χ2n) is 7.60. The van der Waals surface area contributed by atoms with Gasteiger partial charge in [0, 0.05) is 44.0 Å². The van der Waals surface area contributed by atoms with Crippen LogP contribution >= 0.6 is 11.6 Å². The molecule has 0 atom stereocenters. The fraction of sp³-hybridized carbons (Fsp3) is 0.350. The molecule has 2 aromatic carbocycles. The van der Waals surface area contributed by atoms with E-state index in [0.717, 1.165) is 37.3 Å². The molecule has 0 saturated carbocycles. The Morgan fingerprint density at radius 2 is 1.80 bits per heavy atom. The van der Waals surface area contributed by atoms with Crippen LogP contribution in [-0.2, 0) is 10.0 Å². The van der Waals surface area contributed by atoms with Crippen molar-refractivity contribution in [1.29, 1.82) is 0 Å². The first-order chi connectivity index (χ1) is 14.3. The molecule has 0 aliphatic carbocycles. The third kappa shape index (κ3) is 4.28. The Kier molecular flexibility index (Phi) is 5.95. The lowest BCUT2D eigenvalue weighted by atomic mass is 9.93.